The molecule has 2 aliphatic rings. The van der Waals surface area contributed by atoms with E-state index in [9.17, 15) is 0 Å². The fraction of sp³-hybridized carbons (Fsp3) is 0.404. The van der Waals surface area contributed by atoms with Gasteiger partial charge in [0.05, 0.1) is 41.0 Å². The molecule has 0 amide bonds. The maximum Gasteiger partial charge on any atom is 0.128 e. The number of ether oxygens (including phenoxy) is 2. The molecular weight excluding hydrogens is 660 g/mol. The van der Waals surface area contributed by atoms with Gasteiger partial charge in [0, 0.05) is 11.4 Å². The average Bonchev–Trinajstić information content (AvgIpc) is 3.07. The van der Waals surface area contributed by atoms with E-state index in [-0.39, 0.29) is 28.5 Å². The number of hydrogen-bond donors (Lipinski definition) is 0. The van der Waals surface area contributed by atoms with Crippen molar-refractivity contribution in [1.82, 2.24) is 0 Å². The highest BCUT2D eigenvalue weighted by atomic mass is 35.5. The number of aryl methyl sites for hydroxylation is 3. The number of benzene rings is 4. The second-order valence-corrected chi connectivity index (χ2v) is 18.1. The molecule has 0 N–H and O–H groups in total. The van der Waals surface area contributed by atoms with Crippen molar-refractivity contribution in [3.8, 4) is 0 Å². The third-order valence-corrected chi connectivity index (χ3v) is 10.7. The van der Waals surface area contributed by atoms with E-state index in [1.807, 2.05) is 0 Å². The lowest BCUT2D eigenvalue weighted by Gasteiger charge is -2.41. The van der Waals surface area contributed by atoms with E-state index in [0.29, 0.717) is 18.2 Å². The highest BCUT2D eigenvalue weighted by molar-refractivity contribution is 6.36. The maximum absolute atomic E-state index is 7.83. The molecule has 4 aromatic carbocycles. The van der Waals surface area contributed by atoms with Gasteiger partial charge in [0.2, 0.25) is 0 Å². The van der Waals surface area contributed by atoms with Crippen LogP contribution in [-0.4, -0.2) is 25.4 Å². The first-order valence-corrected chi connectivity index (χ1v) is 19.1. The third-order valence-electron chi connectivity index (χ3n) is 10.3. The van der Waals surface area contributed by atoms with Crippen LogP contribution in [-0.2, 0) is 25.7 Å². The average molecular weight is 717 g/mol. The van der Waals surface area contributed by atoms with Gasteiger partial charge in [-0.25, -0.2) is 0 Å². The van der Waals surface area contributed by atoms with Gasteiger partial charge in [0.25, 0.3) is 0 Å². The van der Waals surface area contributed by atoms with Crippen molar-refractivity contribution < 1.29 is 9.47 Å². The molecule has 4 aromatic rings. The first-order valence-electron chi connectivity index (χ1n) is 18.7. The van der Waals surface area contributed by atoms with Crippen molar-refractivity contribution in [1.29, 1.82) is 0 Å². The van der Waals surface area contributed by atoms with E-state index in [4.69, 9.17) is 21.1 Å². The summed E-state index contributed by atoms with van der Waals surface area (Å²) in [7, 11) is 0. The molecule has 2 unspecified atom stereocenters. The van der Waals surface area contributed by atoms with Crippen molar-refractivity contribution in [3.05, 3.63) is 135 Å². The number of hydrogen-bond acceptors (Lipinski definition) is 4. The monoisotopic (exact) mass is 716 g/mol. The number of fused-ring (bicyclic) bond motifs is 1. The minimum Gasteiger partial charge on any atom is -0.369 e. The summed E-state index contributed by atoms with van der Waals surface area (Å²) in [4.78, 5) is 4.64. The number of anilines is 5. The van der Waals surface area contributed by atoms with Gasteiger partial charge in [-0.3, -0.25) is 0 Å². The molecule has 6 rings (SSSR count). The van der Waals surface area contributed by atoms with E-state index < -0.39 is 0 Å². The van der Waals surface area contributed by atoms with Crippen molar-refractivity contribution in [3.63, 3.8) is 0 Å². The predicted molar refractivity (Wildman–Crippen MR) is 222 cm³/mol. The van der Waals surface area contributed by atoms with Crippen molar-refractivity contribution in [2.24, 2.45) is 0 Å². The zero-order valence-electron chi connectivity index (χ0n) is 33.3. The van der Waals surface area contributed by atoms with Gasteiger partial charge in [0.15, 0.2) is 0 Å². The van der Waals surface area contributed by atoms with Gasteiger partial charge in [-0.05, 0) is 113 Å². The Labute approximate surface area is 318 Å². The van der Waals surface area contributed by atoms with Gasteiger partial charge in [-0.2, -0.15) is 0 Å². The highest BCUT2D eigenvalue weighted by Crippen LogP contribution is 2.49. The van der Waals surface area contributed by atoms with Gasteiger partial charge in [-0.15, -0.1) is 0 Å². The Morgan fingerprint density at radius 2 is 1.06 bits per heavy atom. The standard InChI is InChI=1S/C47H57ClN2O2/c1-30-26-39(49(36-20-16-33(17-21-36)45(4,5)6)37-22-18-34(19-23-37)46(7,8)9)42(48)40(27-30)50(38-14-13-15-41-44(38)52-25-24-51-41)43-31(2)28-35(29-32(43)3)47(10,11)12/h13-23,26-29,41,44H,24-25H2,1-12H3. The Hall–Kier alpha value is -3.83. The molecule has 1 aliphatic carbocycles. The largest absolute Gasteiger partial charge is 0.369 e. The Morgan fingerprint density at radius 3 is 1.54 bits per heavy atom. The fourth-order valence-corrected chi connectivity index (χ4v) is 7.62. The van der Waals surface area contributed by atoms with Gasteiger partial charge >= 0.3 is 0 Å². The lowest BCUT2D eigenvalue weighted by molar-refractivity contribution is -0.107. The SMILES string of the molecule is Cc1cc(N(C2=CC=CC3OCCOC23)c2c(C)cc(C(C)(C)C)cc2C)c(Cl)c(N(c2ccc(C(C)(C)C)cc2)c2ccc(C(C)(C)C)cc2)c1. The lowest BCUT2D eigenvalue weighted by Crippen LogP contribution is -2.44. The van der Waals surface area contributed by atoms with E-state index in [1.165, 1.54) is 27.8 Å². The van der Waals surface area contributed by atoms with E-state index in [1.54, 1.807) is 0 Å². The summed E-state index contributed by atoms with van der Waals surface area (Å²) >= 11 is 7.83. The van der Waals surface area contributed by atoms with Gasteiger partial charge < -0.3 is 19.3 Å². The molecule has 0 saturated carbocycles. The van der Waals surface area contributed by atoms with Crippen LogP contribution in [0, 0.1) is 20.8 Å². The zero-order chi connectivity index (χ0) is 37.7. The summed E-state index contributed by atoms with van der Waals surface area (Å²) < 4.78 is 12.7. The first-order chi connectivity index (χ1) is 24.3. The highest BCUT2D eigenvalue weighted by Gasteiger charge is 2.37. The fourth-order valence-electron chi connectivity index (χ4n) is 7.35. The minimum atomic E-state index is -0.272. The van der Waals surface area contributed by atoms with Crippen molar-refractivity contribution in [2.75, 3.05) is 23.0 Å². The van der Waals surface area contributed by atoms with Crippen LogP contribution < -0.4 is 9.80 Å². The molecule has 2 atom stereocenters. The van der Waals surface area contributed by atoms with Gasteiger partial charge in [0.1, 0.15) is 12.2 Å². The summed E-state index contributed by atoms with van der Waals surface area (Å²) in [6, 6.07) is 26.9. The first kappa shape index (κ1) is 37.9. The zero-order valence-corrected chi connectivity index (χ0v) is 34.1. The molecule has 52 heavy (non-hydrogen) atoms. The Kier molecular flexibility index (Phi) is 10.3. The molecule has 0 aromatic heterocycles. The minimum absolute atomic E-state index is 0.0108. The summed E-state index contributed by atoms with van der Waals surface area (Å²) in [5.41, 5.74) is 13.5. The maximum atomic E-state index is 7.83. The van der Waals surface area contributed by atoms with Crippen LogP contribution in [0.1, 0.15) is 95.7 Å². The van der Waals surface area contributed by atoms with Crippen molar-refractivity contribution in [2.45, 2.75) is 112 Å². The molecule has 5 heteroatoms. The smallest absolute Gasteiger partial charge is 0.128 e. The predicted octanol–water partition coefficient (Wildman–Crippen LogP) is 13.0. The summed E-state index contributed by atoms with van der Waals surface area (Å²) in [5, 5.41) is 0.660. The third kappa shape index (κ3) is 7.62. The van der Waals surface area contributed by atoms with Crippen LogP contribution in [0.3, 0.4) is 0 Å². The molecule has 1 saturated heterocycles. The molecule has 4 nitrogen and oxygen atoms in total. The normalized spacial score (nSPS) is 17.8. The Bertz CT molecular complexity index is 1910. The second-order valence-electron chi connectivity index (χ2n) is 17.7. The number of allylic oxidation sites excluding steroid dienone is 2. The van der Waals surface area contributed by atoms with Crippen LogP contribution in [0.4, 0.5) is 28.4 Å². The molecule has 1 aliphatic heterocycles. The van der Waals surface area contributed by atoms with Crippen LogP contribution in [0.2, 0.25) is 5.02 Å². The van der Waals surface area contributed by atoms with Crippen molar-refractivity contribution >= 4 is 40.0 Å². The van der Waals surface area contributed by atoms with E-state index >= 15 is 0 Å². The van der Waals surface area contributed by atoms with Crippen LogP contribution in [0.25, 0.3) is 0 Å². The molecule has 0 spiro atoms. The molecule has 1 heterocycles. The van der Waals surface area contributed by atoms with E-state index in [2.05, 4.69) is 184 Å². The molecular formula is C47H57ClN2O2. The van der Waals surface area contributed by atoms with Crippen LogP contribution >= 0.6 is 11.6 Å². The number of halogens is 1. The Balaban J connectivity index is 1.60. The van der Waals surface area contributed by atoms with E-state index in [0.717, 1.165) is 39.7 Å². The topological polar surface area (TPSA) is 24.9 Å². The Morgan fingerprint density at radius 1 is 0.596 bits per heavy atom. The quantitative estimate of drug-likeness (QED) is 0.198. The summed E-state index contributed by atoms with van der Waals surface area (Å²) in [5.74, 6) is 0. The summed E-state index contributed by atoms with van der Waals surface area (Å²) in [6.07, 6.45) is 5.91. The molecule has 1 fully saturated rings. The van der Waals surface area contributed by atoms with Crippen LogP contribution in [0.15, 0.2) is 96.7 Å². The second kappa shape index (κ2) is 14.2. The number of rotatable bonds is 6. The van der Waals surface area contributed by atoms with Crippen LogP contribution in [0.5, 0.6) is 0 Å². The number of nitrogens with zero attached hydrogens (tertiary/aromatic N) is 2. The van der Waals surface area contributed by atoms with Gasteiger partial charge in [-0.1, -0.05) is 122 Å². The summed E-state index contributed by atoms with van der Waals surface area (Å²) in [6.45, 7) is 28.0. The lowest BCUT2D eigenvalue weighted by atomic mass is 9.84. The molecule has 0 radical (unpaired) electrons. The molecule has 274 valence electrons. The molecule has 0 bridgehead atoms.